The van der Waals surface area contributed by atoms with Crippen LogP contribution < -0.4 is 5.73 Å². The average Bonchev–Trinajstić information content (AvgIpc) is 2.97. The van der Waals surface area contributed by atoms with Crippen molar-refractivity contribution in [2.24, 2.45) is 17.6 Å². The monoisotopic (exact) mass is 303 g/mol. The first-order valence-corrected chi connectivity index (χ1v) is 9.48. The standard InChI is InChI=1S/C14H25NO4S/c15-13(7-11-2-6-20(16,17)9-11)12-1-4-19-14(8-12)3-5-18-10-14/h11-13H,1-10,15H2. The number of sulfone groups is 1. The SMILES string of the molecule is NC(CC1CCS(=O)(=O)C1)C1CCOC2(CCOC2)C1. The lowest BCUT2D eigenvalue weighted by Crippen LogP contribution is -2.46. The van der Waals surface area contributed by atoms with Gasteiger partial charge < -0.3 is 15.2 Å². The van der Waals surface area contributed by atoms with Gasteiger partial charge in [0, 0.05) is 25.7 Å². The van der Waals surface area contributed by atoms with Crippen LogP contribution in [0.4, 0.5) is 0 Å². The molecule has 6 heteroatoms. The number of hydrogen-bond acceptors (Lipinski definition) is 5. The molecule has 4 unspecified atom stereocenters. The van der Waals surface area contributed by atoms with E-state index in [1.807, 2.05) is 0 Å². The van der Waals surface area contributed by atoms with E-state index in [4.69, 9.17) is 15.2 Å². The molecule has 3 saturated heterocycles. The molecular formula is C14H25NO4S. The lowest BCUT2D eigenvalue weighted by molar-refractivity contribution is -0.102. The minimum Gasteiger partial charge on any atom is -0.378 e. The lowest BCUT2D eigenvalue weighted by atomic mass is 9.79. The predicted molar refractivity (Wildman–Crippen MR) is 76.2 cm³/mol. The van der Waals surface area contributed by atoms with Crippen LogP contribution in [0.15, 0.2) is 0 Å². The Morgan fingerprint density at radius 1 is 1.30 bits per heavy atom. The van der Waals surface area contributed by atoms with Gasteiger partial charge in [-0.2, -0.15) is 0 Å². The van der Waals surface area contributed by atoms with Crippen molar-refractivity contribution in [3.05, 3.63) is 0 Å². The van der Waals surface area contributed by atoms with E-state index in [1.165, 1.54) is 0 Å². The van der Waals surface area contributed by atoms with Crippen molar-refractivity contribution in [3.8, 4) is 0 Å². The topological polar surface area (TPSA) is 78.6 Å². The normalized spacial score (nSPS) is 42.0. The first-order chi connectivity index (χ1) is 9.48. The Morgan fingerprint density at radius 2 is 2.15 bits per heavy atom. The van der Waals surface area contributed by atoms with E-state index >= 15 is 0 Å². The molecule has 2 N–H and O–H groups in total. The van der Waals surface area contributed by atoms with E-state index in [9.17, 15) is 8.42 Å². The van der Waals surface area contributed by atoms with E-state index in [1.54, 1.807) is 0 Å². The van der Waals surface area contributed by atoms with Gasteiger partial charge in [0.1, 0.15) is 0 Å². The number of ether oxygens (including phenoxy) is 2. The Bertz CT molecular complexity index is 444. The molecule has 5 nitrogen and oxygen atoms in total. The molecular weight excluding hydrogens is 278 g/mol. The molecule has 3 rings (SSSR count). The fraction of sp³-hybridized carbons (Fsp3) is 1.00. The highest BCUT2D eigenvalue weighted by molar-refractivity contribution is 7.91. The first-order valence-electron chi connectivity index (χ1n) is 7.66. The van der Waals surface area contributed by atoms with Crippen LogP contribution in [-0.2, 0) is 19.3 Å². The van der Waals surface area contributed by atoms with Crippen LogP contribution in [0, 0.1) is 11.8 Å². The molecule has 3 aliphatic rings. The average molecular weight is 303 g/mol. The molecule has 0 bridgehead atoms. The van der Waals surface area contributed by atoms with Crippen LogP contribution in [0.5, 0.6) is 0 Å². The molecule has 0 radical (unpaired) electrons. The van der Waals surface area contributed by atoms with E-state index < -0.39 is 9.84 Å². The summed E-state index contributed by atoms with van der Waals surface area (Å²) in [4.78, 5) is 0. The Morgan fingerprint density at radius 3 is 2.80 bits per heavy atom. The van der Waals surface area contributed by atoms with Crippen LogP contribution in [0.1, 0.15) is 32.1 Å². The molecule has 3 fully saturated rings. The van der Waals surface area contributed by atoms with Crippen molar-refractivity contribution in [1.82, 2.24) is 0 Å². The van der Waals surface area contributed by atoms with Gasteiger partial charge in [-0.05, 0) is 37.5 Å². The summed E-state index contributed by atoms with van der Waals surface area (Å²) >= 11 is 0. The maximum atomic E-state index is 11.5. The van der Waals surface area contributed by atoms with Gasteiger partial charge in [0.05, 0.1) is 23.7 Å². The van der Waals surface area contributed by atoms with E-state index in [-0.39, 0.29) is 17.6 Å². The fourth-order valence-electron chi connectivity index (χ4n) is 3.93. The molecule has 0 saturated carbocycles. The minimum atomic E-state index is -2.79. The summed E-state index contributed by atoms with van der Waals surface area (Å²) in [5, 5.41) is 0. The molecule has 3 heterocycles. The summed E-state index contributed by atoms with van der Waals surface area (Å²) in [6.07, 6.45) is 4.54. The number of nitrogens with two attached hydrogens (primary N) is 1. The Labute approximate surface area is 121 Å². The quantitative estimate of drug-likeness (QED) is 0.831. The number of rotatable bonds is 3. The lowest BCUT2D eigenvalue weighted by Gasteiger charge is -2.39. The van der Waals surface area contributed by atoms with Crippen molar-refractivity contribution in [3.63, 3.8) is 0 Å². The van der Waals surface area contributed by atoms with Crippen molar-refractivity contribution in [1.29, 1.82) is 0 Å². The highest BCUT2D eigenvalue weighted by Gasteiger charge is 2.43. The highest BCUT2D eigenvalue weighted by Crippen LogP contribution is 2.38. The molecule has 20 heavy (non-hydrogen) atoms. The summed E-state index contributed by atoms with van der Waals surface area (Å²) in [7, 11) is -2.79. The van der Waals surface area contributed by atoms with Crippen molar-refractivity contribution >= 4 is 9.84 Å². The Kier molecular flexibility index (Phi) is 4.10. The third kappa shape index (κ3) is 3.18. The second-order valence-corrected chi connectivity index (χ2v) is 8.98. The highest BCUT2D eigenvalue weighted by atomic mass is 32.2. The maximum absolute atomic E-state index is 11.5. The smallest absolute Gasteiger partial charge is 0.150 e. The predicted octanol–water partition coefficient (Wildman–Crippen LogP) is 0.724. The largest absolute Gasteiger partial charge is 0.378 e. The third-order valence-electron chi connectivity index (χ3n) is 5.14. The van der Waals surface area contributed by atoms with Gasteiger partial charge in [-0.3, -0.25) is 0 Å². The van der Waals surface area contributed by atoms with Crippen molar-refractivity contribution < 1.29 is 17.9 Å². The van der Waals surface area contributed by atoms with Gasteiger partial charge in [-0.1, -0.05) is 0 Å². The molecule has 0 aromatic heterocycles. The van der Waals surface area contributed by atoms with Gasteiger partial charge in [-0.15, -0.1) is 0 Å². The van der Waals surface area contributed by atoms with Gasteiger partial charge in [0.25, 0.3) is 0 Å². The molecule has 0 aromatic carbocycles. The maximum Gasteiger partial charge on any atom is 0.150 e. The molecule has 0 aromatic rings. The summed E-state index contributed by atoms with van der Waals surface area (Å²) in [6.45, 7) is 2.22. The molecule has 3 aliphatic heterocycles. The molecule has 4 atom stereocenters. The van der Waals surface area contributed by atoms with E-state index in [0.717, 1.165) is 45.3 Å². The zero-order valence-electron chi connectivity index (χ0n) is 11.9. The Hall–Kier alpha value is -0.170. The minimum absolute atomic E-state index is 0.0923. The molecule has 0 aliphatic carbocycles. The van der Waals surface area contributed by atoms with Crippen molar-refractivity contribution in [2.45, 2.75) is 43.7 Å². The van der Waals surface area contributed by atoms with E-state index in [0.29, 0.717) is 24.0 Å². The second-order valence-electron chi connectivity index (χ2n) is 6.76. The van der Waals surface area contributed by atoms with Crippen LogP contribution in [0.25, 0.3) is 0 Å². The molecule has 0 amide bonds. The summed E-state index contributed by atoms with van der Waals surface area (Å²) in [6, 6.07) is 0.0923. The Balaban J connectivity index is 1.55. The zero-order chi connectivity index (χ0) is 14.2. The van der Waals surface area contributed by atoms with Crippen LogP contribution in [-0.4, -0.2) is 51.4 Å². The first kappa shape index (κ1) is 14.8. The van der Waals surface area contributed by atoms with Gasteiger partial charge in [0.2, 0.25) is 0 Å². The van der Waals surface area contributed by atoms with Gasteiger partial charge in [0.15, 0.2) is 9.84 Å². The molecule has 1 spiro atoms. The van der Waals surface area contributed by atoms with Gasteiger partial charge >= 0.3 is 0 Å². The van der Waals surface area contributed by atoms with Crippen molar-refractivity contribution in [2.75, 3.05) is 31.3 Å². The fourth-order valence-corrected chi connectivity index (χ4v) is 5.81. The second kappa shape index (κ2) is 5.55. The van der Waals surface area contributed by atoms with Crippen LogP contribution in [0.3, 0.4) is 0 Å². The third-order valence-corrected chi connectivity index (χ3v) is 6.97. The number of hydrogen-bond donors (Lipinski definition) is 1. The van der Waals surface area contributed by atoms with E-state index in [2.05, 4.69) is 0 Å². The van der Waals surface area contributed by atoms with Gasteiger partial charge in [-0.25, -0.2) is 8.42 Å². The molecule has 116 valence electrons. The summed E-state index contributed by atoms with van der Waals surface area (Å²) in [5.41, 5.74) is 6.27. The zero-order valence-corrected chi connectivity index (χ0v) is 12.7. The van der Waals surface area contributed by atoms with Crippen LogP contribution in [0.2, 0.25) is 0 Å². The van der Waals surface area contributed by atoms with Crippen LogP contribution >= 0.6 is 0 Å². The summed E-state index contributed by atoms with van der Waals surface area (Å²) < 4.78 is 34.5. The summed E-state index contributed by atoms with van der Waals surface area (Å²) in [5.74, 6) is 1.37.